The number of rotatable bonds is 9. The van der Waals surface area contributed by atoms with Crippen molar-refractivity contribution in [2.24, 2.45) is 17.8 Å². The van der Waals surface area contributed by atoms with E-state index in [9.17, 15) is 9.59 Å². The van der Waals surface area contributed by atoms with Gasteiger partial charge in [0.1, 0.15) is 5.75 Å². The van der Waals surface area contributed by atoms with Crippen LogP contribution in [0.4, 0.5) is 5.69 Å². The molecule has 0 atom stereocenters. The molecule has 8 heteroatoms. The molecule has 3 saturated carbocycles. The predicted molar refractivity (Wildman–Crippen MR) is 166 cm³/mol. The highest BCUT2D eigenvalue weighted by Gasteiger charge is 2.35. The van der Waals surface area contributed by atoms with E-state index in [1.807, 2.05) is 19.2 Å². The van der Waals surface area contributed by atoms with Crippen LogP contribution in [0.3, 0.4) is 0 Å². The second-order valence-electron chi connectivity index (χ2n) is 12.8. The molecule has 3 aliphatic rings. The number of anilines is 1. The van der Waals surface area contributed by atoms with Crippen LogP contribution in [0.2, 0.25) is 0 Å². The van der Waals surface area contributed by atoms with E-state index >= 15 is 0 Å². The highest BCUT2D eigenvalue weighted by molar-refractivity contribution is 5.96. The van der Waals surface area contributed by atoms with Crippen LogP contribution in [0.15, 0.2) is 48.8 Å². The smallest absolute Gasteiger partial charge is 0.308 e. The summed E-state index contributed by atoms with van der Waals surface area (Å²) in [5, 5.41) is 4.59. The van der Waals surface area contributed by atoms with Crippen molar-refractivity contribution in [3.05, 3.63) is 60.2 Å². The minimum Gasteiger partial charge on any atom is -0.495 e. The molecule has 3 aromatic rings. The van der Waals surface area contributed by atoms with E-state index < -0.39 is 0 Å². The molecule has 228 valence electrons. The maximum atomic E-state index is 14.2. The van der Waals surface area contributed by atoms with Gasteiger partial charge < -0.3 is 14.4 Å². The predicted octanol–water partition coefficient (Wildman–Crippen LogP) is 6.88. The summed E-state index contributed by atoms with van der Waals surface area (Å²) >= 11 is 0. The Hall–Kier alpha value is -3.68. The lowest BCUT2D eigenvalue weighted by Crippen LogP contribution is -2.42. The fourth-order valence-electron chi connectivity index (χ4n) is 7.07. The molecular formula is C35H44N4O4. The first-order valence-electron chi connectivity index (χ1n) is 16.0. The van der Waals surface area contributed by atoms with E-state index in [2.05, 4.69) is 51.2 Å². The Bertz CT molecular complexity index is 1430. The van der Waals surface area contributed by atoms with Gasteiger partial charge in [-0.15, -0.1) is 0 Å². The zero-order valence-corrected chi connectivity index (χ0v) is 25.7. The van der Waals surface area contributed by atoms with Crippen LogP contribution in [0.25, 0.3) is 11.1 Å². The number of hydrogen-bond acceptors (Lipinski definition) is 6. The van der Waals surface area contributed by atoms with E-state index in [1.54, 1.807) is 7.11 Å². The number of methoxy groups -OCH3 is 2. The van der Waals surface area contributed by atoms with Gasteiger partial charge in [-0.2, -0.15) is 5.10 Å². The van der Waals surface area contributed by atoms with Crippen molar-refractivity contribution in [3.8, 4) is 16.9 Å². The number of esters is 1. The van der Waals surface area contributed by atoms with Crippen LogP contribution in [0, 0.1) is 24.7 Å². The minimum absolute atomic E-state index is 0.0787. The molecule has 43 heavy (non-hydrogen) atoms. The molecule has 8 nitrogen and oxygen atoms in total. The first kappa shape index (κ1) is 29.4. The number of amides is 1. The minimum atomic E-state index is -0.152. The molecule has 0 saturated heterocycles. The summed E-state index contributed by atoms with van der Waals surface area (Å²) in [5.41, 5.74) is 5.20. The van der Waals surface area contributed by atoms with Gasteiger partial charge in [-0.3, -0.25) is 19.3 Å². The molecule has 2 aromatic heterocycles. The van der Waals surface area contributed by atoms with Crippen LogP contribution in [-0.2, 0) is 14.3 Å². The highest BCUT2D eigenvalue weighted by atomic mass is 16.5. The van der Waals surface area contributed by atoms with E-state index in [0.29, 0.717) is 37.3 Å². The van der Waals surface area contributed by atoms with Crippen LogP contribution in [0.1, 0.15) is 87.6 Å². The third kappa shape index (κ3) is 6.63. The number of aryl methyl sites for hydroxylation is 1. The Morgan fingerprint density at radius 2 is 1.65 bits per heavy atom. The SMILES string of the molecule is COC(=O)C1CCC(C(=O)N(C[C@H]2CC[C@H](c3ccc(OC)c(C)n3)CC2)c2cccc(-c3cnn(C4CC4)c3)c2)CC1. The molecule has 0 bridgehead atoms. The van der Waals surface area contributed by atoms with Crippen molar-refractivity contribution >= 4 is 17.6 Å². The van der Waals surface area contributed by atoms with Gasteiger partial charge in [-0.1, -0.05) is 12.1 Å². The maximum Gasteiger partial charge on any atom is 0.308 e. The van der Waals surface area contributed by atoms with Gasteiger partial charge in [0.05, 0.1) is 38.1 Å². The third-order valence-corrected chi connectivity index (χ3v) is 9.88. The van der Waals surface area contributed by atoms with Gasteiger partial charge in [0, 0.05) is 41.5 Å². The molecule has 6 rings (SSSR count). The topological polar surface area (TPSA) is 86.6 Å². The lowest BCUT2D eigenvalue weighted by atomic mass is 9.79. The Morgan fingerprint density at radius 1 is 0.907 bits per heavy atom. The number of aromatic nitrogens is 3. The van der Waals surface area contributed by atoms with Crippen LogP contribution in [0.5, 0.6) is 5.75 Å². The van der Waals surface area contributed by atoms with Crippen LogP contribution >= 0.6 is 0 Å². The fourth-order valence-corrected chi connectivity index (χ4v) is 7.07. The maximum absolute atomic E-state index is 14.2. The van der Waals surface area contributed by atoms with Crippen molar-refractivity contribution in [1.82, 2.24) is 14.8 Å². The molecule has 0 aliphatic heterocycles. The van der Waals surface area contributed by atoms with Crippen LogP contribution < -0.4 is 9.64 Å². The molecule has 2 heterocycles. The average molecular weight is 585 g/mol. The Balaban J connectivity index is 1.19. The normalized spacial score (nSPS) is 23.9. The van der Waals surface area contributed by atoms with Gasteiger partial charge in [-0.05, 0) is 107 Å². The molecule has 0 spiro atoms. The fraction of sp³-hybridized carbons (Fsp3) is 0.543. The van der Waals surface area contributed by atoms with E-state index in [1.165, 1.54) is 20.0 Å². The molecule has 3 fully saturated rings. The molecule has 3 aliphatic carbocycles. The van der Waals surface area contributed by atoms with Crippen molar-refractivity contribution in [2.45, 2.75) is 83.1 Å². The average Bonchev–Trinajstić information content (AvgIpc) is 3.79. The van der Waals surface area contributed by atoms with Gasteiger partial charge in [0.15, 0.2) is 0 Å². The molecule has 0 unspecified atom stereocenters. The molecule has 1 amide bonds. The van der Waals surface area contributed by atoms with E-state index in [4.69, 9.17) is 14.5 Å². The molecular weight excluding hydrogens is 540 g/mol. The Morgan fingerprint density at radius 3 is 2.33 bits per heavy atom. The van der Waals surface area contributed by atoms with Crippen molar-refractivity contribution in [2.75, 3.05) is 25.7 Å². The summed E-state index contributed by atoms with van der Waals surface area (Å²) in [6.45, 7) is 2.71. The zero-order chi connectivity index (χ0) is 29.9. The molecule has 0 radical (unpaired) electrons. The van der Waals surface area contributed by atoms with Crippen molar-refractivity contribution in [1.29, 1.82) is 0 Å². The summed E-state index contributed by atoms with van der Waals surface area (Å²) in [5.74, 6) is 1.54. The lowest BCUT2D eigenvalue weighted by Gasteiger charge is -2.36. The number of pyridine rings is 1. The van der Waals surface area contributed by atoms with E-state index in [-0.39, 0.29) is 23.7 Å². The highest BCUT2D eigenvalue weighted by Crippen LogP contribution is 2.39. The first-order chi connectivity index (χ1) is 20.9. The standard InChI is InChI=1S/C35H44N4O4/c1-23-33(42-2)18-17-32(37-23)25-9-7-24(8-10-25)21-38(34(40)26-11-13-27(14-12-26)35(41)43-3)31-6-4-5-28(19-31)29-20-36-39(22-29)30-15-16-30/h4-6,17-20,22,24-27,30H,7-16,21H2,1-3H3/t24-,25-,26?,27?. The number of nitrogens with zero attached hydrogens (tertiary/aromatic N) is 4. The largest absolute Gasteiger partial charge is 0.495 e. The monoisotopic (exact) mass is 584 g/mol. The van der Waals surface area contributed by atoms with E-state index in [0.717, 1.165) is 72.5 Å². The number of carbonyl (C=O) groups excluding carboxylic acids is 2. The van der Waals surface area contributed by atoms with Gasteiger partial charge in [0.2, 0.25) is 5.91 Å². The van der Waals surface area contributed by atoms with Gasteiger partial charge in [0.25, 0.3) is 0 Å². The van der Waals surface area contributed by atoms with Crippen molar-refractivity contribution in [3.63, 3.8) is 0 Å². The third-order valence-electron chi connectivity index (χ3n) is 9.88. The number of carbonyl (C=O) groups is 2. The summed E-state index contributed by atoms with van der Waals surface area (Å²) < 4.78 is 12.5. The number of benzene rings is 1. The zero-order valence-electron chi connectivity index (χ0n) is 25.7. The van der Waals surface area contributed by atoms with Crippen molar-refractivity contribution < 1.29 is 19.1 Å². The molecule has 1 aromatic carbocycles. The second-order valence-corrected chi connectivity index (χ2v) is 12.8. The number of hydrogen-bond donors (Lipinski definition) is 0. The summed E-state index contributed by atoms with van der Waals surface area (Å²) in [6.07, 6.45) is 13.6. The summed E-state index contributed by atoms with van der Waals surface area (Å²) in [6, 6.07) is 13.1. The Kier molecular flexibility index (Phi) is 8.82. The second kappa shape index (κ2) is 12.9. The Labute approximate surface area is 254 Å². The molecule has 0 N–H and O–H groups in total. The van der Waals surface area contributed by atoms with Crippen LogP contribution in [-0.4, -0.2) is 47.4 Å². The summed E-state index contributed by atoms with van der Waals surface area (Å²) in [4.78, 5) is 33.2. The summed E-state index contributed by atoms with van der Waals surface area (Å²) in [7, 11) is 3.13. The quantitative estimate of drug-likeness (QED) is 0.255. The van der Waals surface area contributed by atoms with Gasteiger partial charge in [-0.25, -0.2) is 0 Å². The lowest BCUT2D eigenvalue weighted by molar-refractivity contribution is -0.147. The number of ether oxygens (including phenoxy) is 2. The van der Waals surface area contributed by atoms with Gasteiger partial charge >= 0.3 is 5.97 Å². The first-order valence-corrected chi connectivity index (χ1v) is 16.0.